The fourth-order valence-corrected chi connectivity index (χ4v) is 2.75. The lowest BCUT2D eigenvalue weighted by Crippen LogP contribution is -2.57. The normalized spacial score (nSPS) is 16.4. The van der Waals surface area contributed by atoms with Crippen LogP contribution in [0.5, 0.6) is 0 Å². The van der Waals surface area contributed by atoms with E-state index in [1.54, 1.807) is 0 Å². The molecule has 108 valence electrons. The minimum atomic E-state index is 0.172. The highest BCUT2D eigenvalue weighted by molar-refractivity contribution is 5.31. The predicted molar refractivity (Wildman–Crippen MR) is 84.9 cm³/mol. The number of nitrogens with zero attached hydrogens (tertiary/aromatic N) is 1. The van der Waals surface area contributed by atoms with Crippen LogP contribution in [0.15, 0.2) is 18.2 Å². The summed E-state index contributed by atoms with van der Waals surface area (Å²) in [5.41, 5.74) is 4.37. The molecule has 19 heavy (non-hydrogen) atoms. The van der Waals surface area contributed by atoms with Gasteiger partial charge in [0.25, 0.3) is 0 Å². The molecule has 0 bridgehead atoms. The van der Waals surface area contributed by atoms with Crippen LogP contribution in [0.2, 0.25) is 0 Å². The van der Waals surface area contributed by atoms with Crippen LogP contribution < -0.4 is 5.32 Å². The van der Waals surface area contributed by atoms with E-state index in [1.807, 2.05) is 0 Å². The Hall–Kier alpha value is -0.860. The van der Waals surface area contributed by atoms with Gasteiger partial charge in [0.05, 0.1) is 0 Å². The first-order chi connectivity index (χ1) is 8.85. The number of rotatable bonds is 6. The molecule has 0 aromatic heterocycles. The van der Waals surface area contributed by atoms with Gasteiger partial charge in [-0.2, -0.15) is 0 Å². The van der Waals surface area contributed by atoms with Crippen LogP contribution in [-0.4, -0.2) is 37.6 Å². The van der Waals surface area contributed by atoms with Crippen molar-refractivity contribution in [3.05, 3.63) is 34.9 Å². The van der Waals surface area contributed by atoms with Crippen molar-refractivity contribution in [2.75, 3.05) is 21.1 Å². The molecule has 0 aliphatic carbocycles. The molecule has 2 heteroatoms. The maximum Gasteiger partial charge on any atom is 0.0328 e. The van der Waals surface area contributed by atoms with E-state index in [9.17, 15) is 0 Å². The zero-order valence-corrected chi connectivity index (χ0v) is 13.7. The van der Waals surface area contributed by atoms with E-state index in [0.717, 1.165) is 12.8 Å². The summed E-state index contributed by atoms with van der Waals surface area (Å²) in [5.74, 6) is 0. The van der Waals surface area contributed by atoms with Gasteiger partial charge in [-0.15, -0.1) is 0 Å². The van der Waals surface area contributed by atoms with Crippen molar-refractivity contribution in [1.82, 2.24) is 10.2 Å². The highest BCUT2D eigenvalue weighted by atomic mass is 15.2. The zero-order valence-electron chi connectivity index (χ0n) is 13.7. The van der Waals surface area contributed by atoms with Crippen molar-refractivity contribution >= 4 is 0 Å². The van der Waals surface area contributed by atoms with E-state index in [2.05, 4.69) is 77.3 Å². The minimum Gasteiger partial charge on any atom is -0.315 e. The average molecular weight is 262 g/mol. The van der Waals surface area contributed by atoms with Crippen LogP contribution in [-0.2, 0) is 6.42 Å². The number of aryl methyl sites for hydroxylation is 2. The lowest BCUT2D eigenvalue weighted by molar-refractivity contribution is 0.116. The highest BCUT2D eigenvalue weighted by Crippen LogP contribution is 2.25. The maximum absolute atomic E-state index is 3.53. The van der Waals surface area contributed by atoms with Crippen LogP contribution in [0.3, 0.4) is 0 Å². The van der Waals surface area contributed by atoms with E-state index in [0.29, 0.717) is 6.04 Å². The minimum absolute atomic E-state index is 0.172. The second-order valence-corrected chi connectivity index (χ2v) is 6.08. The first kappa shape index (κ1) is 16.2. The molecule has 0 spiro atoms. The van der Waals surface area contributed by atoms with Crippen molar-refractivity contribution < 1.29 is 0 Å². The summed E-state index contributed by atoms with van der Waals surface area (Å²) in [6, 6.07) is 7.20. The Labute approximate surface area is 119 Å². The van der Waals surface area contributed by atoms with E-state index < -0.39 is 0 Å². The van der Waals surface area contributed by atoms with Crippen molar-refractivity contribution in [3.8, 4) is 0 Å². The molecule has 1 aromatic carbocycles. The molecule has 2 nitrogen and oxygen atoms in total. The second-order valence-electron chi connectivity index (χ2n) is 6.08. The first-order valence-corrected chi connectivity index (χ1v) is 7.26. The van der Waals surface area contributed by atoms with Gasteiger partial charge in [-0.05, 0) is 65.9 Å². The molecule has 1 rings (SSSR count). The topological polar surface area (TPSA) is 15.3 Å². The molecule has 2 atom stereocenters. The quantitative estimate of drug-likeness (QED) is 0.847. The molecule has 0 saturated carbocycles. The third kappa shape index (κ3) is 3.58. The fourth-order valence-electron chi connectivity index (χ4n) is 2.75. The Balaban J connectivity index is 3.02. The molecular weight excluding hydrogens is 232 g/mol. The molecule has 0 radical (unpaired) electrons. The van der Waals surface area contributed by atoms with Gasteiger partial charge in [0.15, 0.2) is 0 Å². The van der Waals surface area contributed by atoms with Crippen LogP contribution in [0, 0.1) is 13.8 Å². The van der Waals surface area contributed by atoms with Crippen LogP contribution in [0.25, 0.3) is 0 Å². The van der Waals surface area contributed by atoms with Crippen molar-refractivity contribution in [2.24, 2.45) is 0 Å². The fraction of sp³-hybridized carbons (Fsp3) is 0.647. The summed E-state index contributed by atoms with van der Waals surface area (Å²) in [7, 11) is 6.43. The summed E-state index contributed by atoms with van der Waals surface area (Å²) < 4.78 is 0. The molecule has 0 aliphatic rings. The molecule has 0 aliphatic heterocycles. The van der Waals surface area contributed by atoms with Crippen molar-refractivity contribution in [2.45, 2.75) is 52.1 Å². The van der Waals surface area contributed by atoms with E-state index in [1.165, 1.54) is 16.7 Å². The van der Waals surface area contributed by atoms with Gasteiger partial charge in [-0.1, -0.05) is 30.7 Å². The molecular formula is C17H30N2. The van der Waals surface area contributed by atoms with Crippen LogP contribution in [0.1, 0.15) is 37.0 Å². The monoisotopic (exact) mass is 262 g/mol. The molecule has 1 aromatic rings. The largest absolute Gasteiger partial charge is 0.315 e. The van der Waals surface area contributed by atoms with Gasteiger partial charge in [0.1, 0.15) is 0 Å². The van der Waals surface area contributed by atoms with Crippen molar-refractivity contribution in [3.63, 3.8) is 0 Å². The Bertz CT molecular complexity index is 412. The van der Waals surface area contributed by atoms with Crippen molar-refractivity contribution in [1.29, 1.82) is 0 Å². The highest BCUT2D eigenvalue weighted by Gasteiger charge is 2.33. The maximum atomic E-state index is 3.53. The summed E-state index contributed by atoms with van der Waals surface area (Å²) >= 11 is 0. The van der Waals surface area contributed by atoms with Gasteiger partial charge < -0.3 is 10.2 Å². The number of likely N-dealkylation sites (N-methyl/N-ethyl adjacent to an activating group) is 2. The lowest BCUT2D eigenvalue weighted by Gasteiger charge is -2.43. The molecule has 1 N–H and O–H groups in total. The predicted octanol–water partition coefficient (Wildman–Crippen LogP) is 3.16. The summed E-state index contributed by atoms with van der Waals surface area (Å²) in [4.78, 5) is 2.35. The van der Waals surface area contributed by atoms with Gasteiger partial charge in [-0.3, -0.25) is 0 Å². The van der Waals surface area contributed by atoms with E-state index in [4.69, 9.17) is 0 Å². The number of nitrogens with one attached hydrogen (secondary N) is 1. The molecule has 0 saturated heterocycles. The second kappa shape index (κ2) is 6.53. The summed E-state index contributed by atoms with van der Waals surface area (Å²) in [5, 5.41) is 3.53. The SMILES string of the molecule is CCC(C)(C(Cc1cc(C)ccc1C)NC)N(C)C. The molecule has 0 heterocycles. The first-order valence-electron chi connectivity index (χ1n) is 7.26. The van der Waals surface area contributed by atoms with E-state index in [-0.39, 0.29) is 5.54 Å². The summed E-state index contributed by atoms with van der Waals surface area (Å²) in [6.07, 6.45) is 2.21. The third-order valence-electron chi connectivity index (χ3n) is 4.77. The number of benzene rings is 1. The van der Waals surface area contributed by atoms with Gasteiger partial charge in [-0.25, -0.2) is 0 Å². The number of hydrogen-bond acceptors (Lipinski definition) is 2. The standard InChI is InChI=1S/C17H30N2/c1-8-17(4,19(6)7)16(18-5)12-15-11-13(2)9-10-14(15)3/h9-11,16,18H,8,12H2,1-7H3. The Kier molecular flexibility index (Phi) is 5.57. The van der Waals surface area contributed by atoms with Gasteiger partial charge in [0, 0.05) is 11.6 Å². The molecule has 0 fully saturated rings. The Morgan fingerprint density at radius 1 is 1.26 bits per heavy atom. The zero-order chi connectivity index (χ0) is 14.6. The smallest absolute Gasteiger partial charge is 0.0328 e. The van der Waals surface area contributed by atoms with Gasteiger partial charge >= 0.3 is 0 Å². The average Bonchev–Trinajstić information content (AvgIpc) is 2.38. The van der Waals surface area contributed by atoms with E-state index >= 15 is 0 Å². The van der Waals surface area contributed by atoms with Crippen LogP contribution >= 0.6 is 0 Å². The Morgan fingerprint density at radius 3 is 2.37 bits per heavy atom. The Morgan fingerprint density at radius 2 is 1.89 bits per heavy atom. The molecule has 0 amide bonds. The molecule has 2 unspecified atom stereocenters. The summed E-state index contributed by atoms with van der Waals surface area (Å²) in [6.45, 7) is 9.00. The lowest BCUT2D eigenvalue weighted by atomic mass is 9.83. The van der Waals surface area contributed by atoms with Crippen LogP contribution in [0.4, 0.5) is 0 Å². The third-order valence-corrected chi connectivity index (χ3v) is 4.77. The van der Waals surface area contributed by atoms with Gasteiger partial charge in [0.2, 0.25) is 0 Å². The number of hydrogen-bond donors (Lipinski definition) is 1.